The molecular weight excluding hydrogens is 450 g/mol. The molecule has 0 unspecified atom stereocenters. The van der Waals surface area contributed by atoms with Gasteiger partial charge in [-0.05, 0) is 38.1 Å². The van der Waals surface area contributed by atoms with Gasteiger partial charge in [-0.1, -0.05) is 11.2 Å². The second-order valence-corrected chi connectivity index (χ2v) is 7.18. The number of ether oxygens (including phenoxy) is 2. The fourth-order valence-electron chi connectivity index (χ4n) is 3.31. The molecule has 0 aliphatic rings. The lowest BCUT2D eigenvalue weighted by atomic mass is 10.2. The summed E-state index contributed by atoms with van der Waals surface area (Å²) in [5, 5.41) is 6.31. The number of pyridine rings is 1. The Morgan fingerprint density at radius 1 is 1.18 bits per heavy atom. The largest absolute Gasteiger partial charge is 0.485 e. The van der Waals surface area contributed by atoms with Crippen LogP contribution >= 0.6 is 0 Å². The van der Waals surface area contributed by atoms with Gasteiger partial charge in [-0.25, -0.2) is 18.6 Å². The molecule has 1 N–H and O–H groups in total. The number of fused-ring (bicyclic) bond motifs is 1. The minimum atomic E-state index is -0.718. The molecule has 0 radical (unpaired) electrons. The van der Waals surface area contributed by atoms with E-state index in [1.165, 1.54) is 16.5 Å². The van der Waals surface area contributed by atoms with Crippen molar-refractivity contribution in [1.29, 1.82) is 0 Å². The summed E-state index contributed by atoms with van der Waals surface area (Å²) in [6.45, 7) is 3.15. The lowest BCUT2D eigenvalue weighted by Crippen LogP contribution is -2.24. The predicted molar refractivity (Wildman–Crippen MR) is 114 cm³/mol. The van der Waals surface area contributed by atoms with Crippen molar-refractivity contribution < 1.29 is 32.4 Å². The molecular formula is C23H20F2N4O5. The third-order valence-electron chi connectivity index (χ3n) is 4.90. The smallest absolute Gasteiger partial charge is 0.360 e. The number of benzene rings is 1. The van der Waals surface area contributed by atoms with Crippen molar-refractivity contribution in [1.82, 2.24) is 19.9 Å². The minimum absolute atomic E-state index is 0.00478. The molecule has 34 heavy (non-hydrogen) atoms. The van der Waals surface area contributed by atoms with Crippen molar-refractivity contribution in [3.63, 3.8) is 0 Å². The van der Waals surface area contributed by atoms with Gasteiger partial charge in [0.05, 0.1) is 24.4 Å². The molecule has 0 aliphatic heterocycles. The first-order valence-corrected chi connectivity index (χ1v) is 10.3. The molecule has 0 bridgehead atoms. The predicted octanol–water partition coefficient (Wildman–Crippen LogP) is 3.59. The van der Waals surface area contributed by atoms with Crippen LogP contribution in [0.15, 0.2) is 47.1 Å². The molecule has 0 saturated heterocycles. The molecule has 3 aromatic heterocycles. The number of rotatable bonds is 8. The number of aryl methyl sites for hydroxylation is 1. The molecule has 9 nitrogen and oxygen atoms in total. The van der Waals surface area contributed by atoms with Crippen molar-refractivity contribution in [3.05, 3.63) is 82.6 Å². The number of nitrogens with zero attached hydrogens (tertiary/aromatic N) is 3. The van der Waals surface area contributed by atoms with Gasteiger partial charge in [-0.3, -0.25) is 9.20 Å². The number of hydrogen-bond donors (Lipinski definition) is 1. The topological polar surface area (TPSA) is 108 Å². The maximum atomic E-state index is 13.9. The highest BCUT2D eigenvalue weighted by Crippen LogP contribution is 2.24. The van der Waals surface area contributed by atoms with Gasteiger partial charge < -0.3 is 19.3 Å². The van der Waals surface area contributed by atoms with Crippen LogP contribution in [0.3, 0.4) is 0 Å². The summed E-state index contributed by atoms with van der Waals surface area (Å²) >= 11 is 0. The lowest BCUT2D eigenvalue weighted by molar-refractivity contribution is 0.0514. The first-order chi connectivity index (χ1) is 16.4. The van der Waals surface area contributed by atoms with Crippen molar-refractivity contribution in [3.8, 4) is 5.75 Å². The normalized spacial score (nSPS) is 10.9. The fraction of sp³-hybridized carbons (Fsp3) is 0.217. The molecule has 0 saturated carbocycles. The van der Waals surface area contributed by atoms with Gasteiger partial charge in [0.1, 0.15) is 23.9 Å². The van der Waals surface area contributed by atoms with E-state index in [-0.39, 0.29) is 48.2 Å². The molecule has 4 rings (SSSR count). The third-order valence-corrected chi connectivity index (χ3v) is 4.90. The van der Waals surface area contributed by atoms with Crippen molar-refractivity contribution >= 4 is 17.5 Å². The number of aromatic nitrogens is 3. The Morgan fingerprint density at radius 2 is 1.94 bits per heavy atom. The van der Waals surface area contributed by atoms with E-state index in [0.717, 1.165) is 12.1 Å². The SMILES string of the molecule is CCOC(=O)c1cc(CNC(=O)c2c(C)nc3c(OCc4c(F)cccc4F)cccn23)on1. The number of nitrogens with one attached hydrogen (secondary N) is 1. The summed E-state index contributed by atoms with van der Waals surface area (Å²) in [4.78, 5) is 28.9. The van der Waals surface area contributed by atoms with E-state index in [1.54, 1.807) is 32.2 Å². The lowest BCUT2D eigenvalue weighted by Gasteiger charge is -2.09. The number of amides is 1. The maximum absolute atomic E-state index is 13.9. The molecule has 4 aromatic rings. The van der Waals surface area contributed by atoms with Gasteiger partial charge in [0.15, 0.2) is 22.9 Å². The number of carbonyl (C=O) groups excluding carboxylic acids is 2. The fourth-order valence-corrected chi connectivity index (χ4v) is 3.31. The van der Waals surface area contributed by atoms with Crippen LogP contribution in [0.1, 0.15) is 44.9 Å². The monoisotopic (exact) mass is 470 g/mol. The Balaban J connectivity index is 1.50. The van der Waals surface area contributed by atoms with E-state index in [4.69, 9.17) is 14.0 Å². The number of hydrogen-bond acceptors (Lipinski definition) is 7. The quantitative estimate of drug-likeness (QED) is 0.392. The highest BCUT2D eigenvalue weighted by Gasteiger charge is 2.20. The highest BCUT2D eigenvalue weighted by atomic mass is 19.1. The van der Waals surface area contributed by atoms with Crippen molar-refractivity contribution in [2.75, 3.05) is 6.61 Å². The Bertz CT molecular complexity index is 1340. The zero-order valence-electron chi connectivity index (χ0n) is 18.3. The van der Waals surface area contributed by atoms with Gasteiger partial charge in [-0.2, -0.15) is 0 Å². The summed E-state index contributed by atoms with van der Waals surface area (Å²) < 4.78 is 44.9. The third kappa shape index (κ3) is 4.58. The Hall–Kier alpha value is -4.28. The summed E-state index contributed by atoms with van der Waals surface area (Å²) in [6.07, 6.45) is 1.62. The van der Waals surface area contributed by atoms with Gasteiger partial charge >= 0.3 is 5.97 Å². The molecule has 3 heterocycles. The van der Waals surface area contributed by atoms with Crippen LogP contribution in [0.2, 0.25) is 0 Å². The summed E-state index contributed by atoms with van der Waals surface area (Å²) in [5.74, 6) is -2.00. The maximum Gasteiger partial charge on any atom is 0.360 e. The van der Waals surface area contributed by atoms with Crippen molar-refractivity contribution in [2.45, 2.75) is 27.0 Å². The molecule has 0 fully saturated rings. The van der Waals surface area contributed by atoms with E-state index >= 15 is 0 Å². The molecule has 0 atom stereocenters. The number of halogens is 2. The molecule has 1 amide bonds. The minimum Gasteiger partial charge on any atom is -0.485 e. The van der Waals surface area contributed by atoms with Gasteiger partial charge in [0.25, 0.3) is 5.91 Å². The van der Waals surface area contributed by atoms with Gasteiger partial charge in [0, 0.05) is 12.3 Å². The van der Waals surface area contributed by atoms with Crippen LogP contribution in [-0.2, 0) is 17.9 Å². The van der Waals surface area contributed by atoms with Crippen LogP contribution in [0.5, 0.6) is 5.75 Å². The van der Waals surface area contributed by atoms with E-state index in [0.29, 0.717) is 11.3 Å². The Labute approximate surface area is 192 Å². The van der Waals surface area contributed by atoms with Crippen molar-refractivity contribution in [2.24, 2.45) is 0 Å². The van der Waals surface area contributed by atoms with Crippen LogP contribution < -0.4 is 10.1 Å². The zero-order valence-corrected chi connectivity index (χ0v) is 18.3. The number of imidazole rings is 1. The molecule has 11 heteroatoms. The Morgan fingerprint density at radius 3 is 2.68 bits per heavy atom. The van der Waals surface area contributed by atoms with Gasteiger partial charge in [0.2, 0.25) is 0 Å². The second-order valence-electron chi connectivity index (χ2n) is 7.18. The van der Waals surface area contributed by atoms with Gasteiger partial charge in [-0.15, -0.1) is 0 Å². The zero-order chi connectivity index (χ0) is 24.2. The van der Waals surface area contributed by atoms with E-state index in [9.17, 15) is 18.4 Å². The van der Waals surface area contributed by atoms with E-state index < -0.39 is 23.5 Å². The summed E-state index contributed by atoms with van der Waals surface area (Å²) in [7, 11) is 0. The average molecular weight is 470 g/mol. The first-order valence-electron chi connectivity index (χ1n) is 10.3. The average Bonchev–Trinajstić information content (AvgIpc) is 3.41. The standard InChI is InChI=1S/C23H20F2N4O5/c1-3-32-23(31)18-10-14(34-28-18)11-26-22(30)20-13(2)27-21-19(8-5-9-29(20)21)33-12-15-16(24)6-4-7-17(15)25/h4-10H,3,11-12H2,1-2H3,(H,26,30). The number of esters is 1. The van der Waals surface area contributed by atoms with Crippen LogP contribution in [0.4, 0.5) is 8.78 Å². The van der Waals surface area contributed by atoms with E-state index in [1.807, 2.05) is 0 Å². The highest BCUT2D eigenvalue weighted by molar-refractivity contribution is 5.95. The molecule has 176 valence electrons. The number of carbonyl (C=O) groups is 2. The van der Waals surface area contributed by atoms with Crippen LogP contribution in [0.25, 0.3) is 5.65 Å². The summed E-state index contributed by atoms with van der Waals surface area (Å²) in [5.41, 5.74) is 0.759. The summed E-state index contributed by atoms with van der Waals surface area (Å²) in [6, 6.07) is 8.17. The van der Waals surface area contributed by atoms with Crippen LogP contribution in [0, 0.1) is 18.6 Å². The van der Waals surface area contributed by atoms with E-state index in [2.05, 4.69) is 15.5 Å². The first kappa shape index (κ1) is 22.9. The Kier molecular flexibility index (Phi) is 6.53. The molecule has 0 aliphatic carbocycles. The second kappa shape index (κ2) is 9.69. The van der Waals surface area contributed by atoms with Crippen LogP contribution in [-0.4, -0.2) is 33.0 Å². The molecule has 0 spiro atoms. The molecule has 1 aromatic carbocycles.